The van der Waals surface area contributed by atoms with Crippen molar-refractivity contribution < 1.29 is 9.53 Å². The summed E-state index contributed by atoms with van der Waals surface area (Å²) in [5, 5.41) is 2.93. The number of hydrogen-bond acceptors (Lipinski definition) is 2. The fraction of sp³-hybridized carbons (Fsp3) is 0.278. The molecule has 1 aromatic carbocycles. The van der Waals surface area contributed by atoms with Crippen LogP contribution in [0.15, 0.2) is 60.7 Å². The van der Waals surface area contributed by atoms with Crippen LogP contribution in [0, 0.1) is 0 Å². The first kappa shape index (κ1) is 15.1. The number of carbonyl (C=O) groups excluding carboxylic acids is 1. The van der Waals surface area contributed by atoms with Crippen LogP contribution in [0.4, 0.5) is 4.79 Å². The summed E-state index contributed by atoms with van der Waals surface area (Å²) >= 11 is 0. The van der Waals surface area contributed by atoms with Crippen LogP contribution in [0.3, 0.4) is 0 Å². The molecule has 0 aromatic heterocycles. The molecule has 1 N–H and O–H groups in total. The predicted octanol–water partition coefficient (Wildman–Crippen LogP) is 3.57. The number of carbonyl (C=O) groups is 1. The number of ether oxygens (including phenoxy) is 1. The Kier molecular flexibility index (Phi) is 5.38. The van der Waals surface area contributed by atoms with Gasteiger partial charge in [0.1, 0.15) is 6.61 Å². The Labute approximate surface area is 126 Å². The van der Waals surface area contributed by atoms with Gasteiger partial charge in [0.25, 0.3) is 0 Å². The van der Waals surface area contributed by atoms with Crippen molar-refractivity contribution in [3.05, 3.63) is 71.8 Å². The van der Waals surface area contributed by atoms with E-state index in [9.17, 15) is 4.79 Å². The molecule has 0 radical (unpaired) electrons. The van der Waals surface area contributed by atoms with Gasteiger partial charge in [0.05, 0.1) is 0 Å². The molecule has 0 heterocycles. The Bertz CT molecular complexity index is 547. The minimum Gasteiger partial charge on any atom is -0.445 e. The number of fused-ring (bicyclic) bond motifs is 1. The summed E-state index contributed by atoms with van der Waals surface area (Å²) in [5.74, 6) is 0. The molecular formula is C18H21NO2. The highest BCUT2D eigenvalue weighted by Gasteiger charge is 2.22. The summed E-state index contributed by atoms with van der Waals surface area (Å²) in [5.41, 5.74) is 3.53. The van der Waals surface area contributed by atoms with Crippen LogP contribution in [0.2, 0.25) is 0 Å². The van der Waals surface area contributed by atoms with E-state index in [1.807, 2.05) is 37.3 Å². The predicted molar refractivity (Wildman–Crippen MR) is 85.2 cm³/mol. The lowest BCUT2D eigenvalue weighted by Gasteiger charge is -2.12. The quantitative estimate of drug-likeness (QED) is 0.839. The monoisotopic (exact) mass is 283 g/mol. The Morgan fingerprint density at radius 2 is 2.05 bits per heavy atom. The Hall–Kier alpha value is -2.29. The molecule has 0 saturated carbocycles. The molecule has 0 atom stereocenters. The van der Waals surface area contributed by atoms with Crippen molar-refractivity contribution >= 4 is 6.09 Å². The molecule has 0 unspecified atom stereocenters. The molecule has 0 fully saturated rings. The molecule has 1 aliphatic carbocycles. The Morgan fingerprint density at radius 3 is 2.62 bits per heavy atom. The van der Waals surface area contributed by atoms with Gasteiger partial charge in [-0.3, -0.25) is 0 Å². The number of benzene rings is 1. The third kappa shape index (κ3) is 4.35. The highest BCUT2D eigenvalue weighted by molar-refractivity contribution is 5.68. The highest BCUT2D eigenvalue weighted by Crippen LogP contribution is 2.21. The lowest BCUT2D eigenvalue weighted by atomic mass is 10.1. The van der Waals surface area contributed by atoms with E-state index in [0.29, 0.717) is 0 Å². The van der Waals surface area contributed by atoms with Gasteiger partial charge < -0.3 is 10.1 Å². The molecule has 0 bridgehead atoms. The first-order valence-corrected chi connectivity index (χ1v) is 7.17. The molecule has 0 saturated heterocycles. The van der Waals surface area contributed by atoms with Gasteiger partial charge in [-0.25, -0.2) is 4.79 Å². The van der Waals surface area contributed by atoms with Crippen molar-refractivity contribution in [2.75, 3.05) is 6.61 Å². The molecule has 3 heteroatoms. The zero-order valence-electron chi connectivity index (χ0n) is 12.3. The lowest BCUT2D eigenvalue weighted by Crippen LogP contribution is -2.36. The second kappa shape index (κ2) is 7.48. The molecule has 3 nitrogen and oxygen atoms in total. The van der Waals surface area contributed by atoms with Crippen LogP contribution < -0.4 is 5.32 Å². The van der Waals surface area contributed by atoms with Crippen molar-refractivity contribution in [3.63, 3.8) is 0 Å². The lowest BCUT2D eigenvalue weighted by molar-refractivity contribution is 0.152. The van der Waals surface area contributed by atoms with Gasteiger partial charge in [-0.2, -0.15) is 0 Å². The van der Waals surface area contributed by atoms with Crippen molar-refractivity contribution in [2.24, 2.45) is 0 Å². The fourth-order valence-corrected chi connectivity index (χ4v) is 2.54. The number of hydrogen-bond donors (Lipinski definition) is 1. The van der Waals surface area contributed by atoms with Gasteiger partial charge in [0.2, 0.25) is 0 Å². The van der Waals surface area contributed by atoms with E-state index in [-0.39, 0.29) is 18.7 Å². The van der Waals surface area contributed by atoms with E-state index >= 15 is 0 Å². The summed E-state index contributed by atoms with van der Waals surface area (Å²) in [7, 11) is 0. The second-order valence-electron chi connectivity index (χ2n) is 5.07. The fourth-order valence-electron chi connectivity index (χ4n) is 2.54. The molecule has 1 aromatic rings. The van der Waals surface area contributed by atoms with E-state index in [1.165, 1.54) is 11.1 Å². The topological polar surface area (TPSA) is 38.3 Å². The van der Waals surface area contributed by atoms with Gasteiger partial charge in [-0.15, -0.1) is 0 Å². The van der Waals surface area contributed by atoms with Crippen LogP contribution in [-0.2, 0) is 17.6 Å². The second-order valence-corrected chi connectivity index (χ2v) is 5.07. The normalized spacial score (nSPS) is 15.0. The largest absolute Gasteiger partial charge is 0.445 e. The first-order valence-electron chi connectivity index (χ1n) is 7.17. The molecule has 2 rings (SSSR count). The SMILES string of the molecule is C=CC=C(C=CC)COC(=O)NC1Cc2ccccc2C1. The van der Waals surface area contributed by atoms with E-state index in [4.69, 9.17) is 4.74 Å². The van der Waals surface area contributed by atoms with Crippen LogP contribution in [0.5, 0.6) is 0 Å². The van der Waals surface area contributed by atoms with Crippen molar-refractivity contribution in [1.29, 1.82) is 0 Å². The third-order valence-electron chi connectivity index (χ3n) is 3.46. The van der Waals surface area contributed by atoms with Crippen LogP contribution in [0.1, 0.15) is 18.1 Å². The van der Waals surface area contributed by atoms with Gasteiger partial charge >= 0.3 is 6.09 Å². The Balaban J connectivity index is 1.81. The third-order valence-corrected chi connectivity index (χ3v) is 3.46. The maximum absolute atomic E-state index is 11.9. The van der Waals surface area contributed by atoms with Crippen molar-refractivity contribution in [1.82, 2.24) is 5.32 Å². The number of allylic oxidation sites excluding steroid dienone is 3. The number of alkyl carbamates (subject to hydrolysis) is 1. The summed E-state index contributed by atoms with van der Waals surface area (Å²) < 4.78 is 5.25. The molecular weight excluding hydrogens is 262 g/mol. The average molecular weight is 283 g/mol. The Morgan fingerprint density at radius 1 is 1.38 bits per heavy atom. The van der Waals surface area contributed by atoms with E-state index < -0.39 is 0 Å². The summed E-state index contributed by atoms with van der Waals surface area (Å²) in [4.78, 5) is 11.9. The van der Waals surface area contributed by atoms with Gasteiger partial charge in [-0.1, -0.05) is 55.1 Å². The standard InChI is InChI=1S/C18H21NO2/c1-3-7-14(8-4-2)13-21-18(20)19-17-11-15-9-5-6-10-16(15)12-17/h3-10,17H,1,11-13H2,2H3,(H,19,20). The minimum absolute atomic E-state index is 0.128. The van der Waals surface area contributed by atoms with E-state index in [2.05, 4.69) is 24.0 Å². The van der Waals surface area contributed by atoms with E-state index in [0.717, 1.165) is 18.4 Å². The number of nitrogens with one attached hydrogen (secondary N) is 1. The summed E-state index contributed by atoms with van der Waals surface area (Å²) in [6.45, 7) is 5.82. The summed E-state index contributed by atoms with van der Waals surface area (Å²) in [6, 6.07) is 8.41. The molecule has 0 aliphatic heterocycles. The minimum atomic E-state index is -0.368. The van der Waals surface area contributed by atoms with Gasteiger partial charge in [0, 0.05) is 6.04 Å². The van der Waals surface area contributed by atoms with Crippen LogP contribution >= 0.6 is 0 Å². The molecule has 1 aliphatic rings. The maximum atomic E-state index is 11.9. The van der Waals surface area contributed by atoms with Gasteiger partial charge in [0.15, 0.2) is 0 Å². The van der Waals surface area contributed by atoms with Crippen molar-refractivity contribution in [3.8, 4) is 0 Å². The number of rotatable bonds is 5. The first-order chi connectivity index (χ1) is 10.2. The van der Waals surface area contributed by atoms with Crippen LogP contribution in [-0.4, -0.2) is 18.7 Å². The zero-order chi connectivity index (χ0) is 15.1. The molecule has 0 spiro atoms. The maximum Gasteiger partial charge on any atom is 0.407 e. The van der Waals surface area contributed by atoms with E-state index in [1.54, 1.807) is 6.08 Å². The summed E-state index contributed by atoms with van der Waals surface area (Å²) in [6.07, 6.45) is 8.70. The van der Waals surface area contributed by atoms with Crippen molar-refractivity contribution in [2.45, 2.75) is 25.8 Å². The zero-order valence-corrected chi connectivity index (χ0v) is 12.3. The highest BCUT2D eigenvalue weighted by atomic mass is 16.5. The van der Waals surface area contributed by atoms with Gasteiger partial charge in [-0.05, 0) is 36.5 Å². The smallest absolute Gasteiger partial charge is 0.407 e. The molecule has 110 valence electrons. The number of amides is 1. The average Bonchev–Trinajstić information content (AvgIpc) is 2.87. The molecule has 1 amide bonds. The molecule has 21 heavy (non-hydrogen) atoms. The van der Waals surface area contributed by atoms with Crippen LogP contribution in [0.25, 0.3) is 0 Å².